The molecule has 0 aliphatic carbocycles. The molecule has 2 saturated heterocycles. The summed E-state index contributed by atoms with van der Waals surface area (Å²) >= 11 is 0. The Balaban J connectivity index is 1.67. The van der Waals surface area contributed by atoms with Crippen LogP contribution in [0, 0.1) is 0 Å². The van der Waals surface area contributed by atoms with Crippen LogP contribution in [0.4, 0.5) is 0 Å². The van der Waals surface area contributed by atoms with Gasteiger partial charge in [0.2, 0.25) is 0 Å². The van der Waals surface area contributed by atoms with Gasteiger partial charge in [-0.25, -0.2) is 0 Å². The molecule has 0 aromatic heterocycles. The second-order valence-corrected chi connectivity index (χ2v) is 19.4. The van der Waals surface area contributed by atoms with Crippen molar-refractivity contribution in [3.8, 4) is 0 Å². The predicted octanol–water partition coefficient (Wildman–Crippen LogP) is 8.63. The number of ether oxygens (including phenoxy) is 6. The molecule has 2 aliphatic heterocycles. The summed E-state index contributed by atoms with van der Waals surface area (Å²) in [4.78, 5) is 12.9. The highest BCUT2D eigenvalue weighted by molar-refractivity contribution is 5.69. The summed E-state index contributed by atoms with van der Waals surface area (Å²) in [5, 5.41) is 72.1. The highest BCUT2D eigenvalue weighted by Crippen LogP contribution is 2.27. The Morgan fingerprint density at radius 1 is 0.478 bits per heavy atom. The van der Waals surface area contributed by atoms with Crippen molar-refractivity contribution in [2.45, 2.75) is 287 Å². The molecule has 0 aromatic rings. The van der Waals surface area contributed by atoms with Gasteiger partial charge in [-0.05, 0) is 32.1 Å². The number of esters is 1. The molecule has 0 amide bonds. The number of rotatable bonds is 44. The van der Waals surface area contributed by atoms with E-state index in [2.05, 4.69) is 26.0 Å². The summed E-state index contributed by atoms with van der Waals surface area (Å²) in [5.41, 5.74) is 0. The second kappa shape index (κ2) is 41.4. The lowest BCUT2D eigenvalue weighted by Gasteiger charge is -2.42. The maximum absolute atomic E-state index is 12.9. The maximum atomic E-state index is 12.9. The second-order valence-electron chi connectivity index (χ2n) is 19.4. The molecule has 2 aliphatic rings. The summed E-state index contributed by atoms with van der Waals surface area (Å²) < 4.78 is 34.3. The van der Waals surface area contributed by atoms with E-state index in [-0.39, 0.29) is 25.6 Å². The number of unbranched alkanes of at least 4 members (excludes halogenated alkanes) is 28. The number of carbonyl (C=O) groups is 1. The summed E-state index contributed by atoms with van der Waals surface area (Å²) in [6, 6.07) is 0. The van der Waals surface area contributed by atoms with E-state index < -0.39 is 80.7 Å². The van der Waals surface area contributed by atoms with E-state index in [1.165, 1.54) is 128 Å². The Hall–Kier alpha value is -1.27. The summed E-state index contributed by atoms with van der Waals surface area (Å²) in [5.74, 6) is -0.384. The van der Waals surface area contributed by atoms with Crippen LogP contribution < -0.4 is 0 Å². The smallest absolute Gasteiger partial charge is 0.306 e. The molecule has 0 radical (unpaired) electrons. The van der Waals surface area contributed by atoms with Gasteiger partial charge in [0, 0.05) is 13.0 Å². The van der Waals surface area contributed by atoms with Crippen molar-refractivity contribution in [3.05, 3.63) is 12.2 Å². The molecule has 2 fully saturated rings. The van der Waals surface area contributed by atoms with E-state index in [9.17, 15) is 40.5 Å². The minimum absolute atomic E-state index is 0.0637. The lowest BCUT2D eigenvalue weighted by molar-refractivity contribution is -0.332. The van der Waals surface area contributed by atoms with Gasteiger partial charge in [-0.1, -0.05) is 193 Å². The first-order valence-electron chi connectivity index (χ1n) is 27.3. The fraction of sp³-hybridized carbons (Fsp3) is 0.943. The van der Waals surface area contributed by atoms with Crippen molar-refractivity contribution in [1.29, 1.82) is 0 Å². The monoisotopic (exact) mass is 961 g/mol. The molecule has 11 unspecified atom stereocenters. The lowest BCUT2D eigenvalue weighted by Crippen LogP contribution is -2.61. The van der Waals surface area contributed by atoms with E-state index >= 15 is 0 Å². The Morgan fingerprint density at radius 3 is 1.42 bits per heavy atom. The summed E-state index contributed by atoms with van der Waals surface area (Å²) in [6.45, 7) is 3.65. The van der Waals surface area contributed by atoms with Crippen molar-refractivity contribution < 1.29 is 69.0 Å². The summed E-state index contributed by atoms with van der Waals surface area (Å²) in [7, 11) is 0. The number of aliphatic hydroxyl groups is 7. The van der Waals surface area contributed by atoms with Crippen LogP contribution in [0.25, 0.3) is 0 Å². The van der Waals surface area contributed by atoms with Crippen molar-refractivity contribution >= 4 is 5.97 Å². The molecule has 396 valence electrons. The first kappa shape index (κ1) is 61.8. The van der Waals surface area contributed by atoms with Gasteiger partial charge in [0.1, 0.15) is 54.9 Å². The fourth-order valence-electron chi connectivity index (χ4n) is 8.82. The average molecular weight is 961 g/mol. The number of hydrogen-bond donors (Lipinski definition) is 7. The molecular formula is C53H100O14. The van der Waals surface area contributed by atoms with Crippen LogP contribution in [0.5, 0.6) is 0 Å². The largest absolute Gasteiger partial charge is 0.457 e. The van der Waals surface area contributed by atoms with Gasteiger partial charge in [0.05, 0.1) is 26.4 Å². The van der Waals surface area contributed by atoms with E-state index in [0.29, 0.717) is 13.0 Å². The van der Waals surface area contributed by atoms with Gasteiger partial charge in [-0.3, -0.25) is 4.79 Å². The lowest BCUT2D eigenvalue weighted by atomic mass is 9.98. The number of aliphatic hydroxyl groups excluding tert-OH is 7. The van der Waals surface area contributed by atoms with Crippen LogP contribution in [0.15, 0.2) is 12.2 Å². The Morgan fingerprint density at radius 2 is 0.910 bits per heavy atom. The standard InChI is InChI=1S/C53H100O14/c1-3-5-7-9-11-13-15-16-17-18-19-20-21-22-23-24-25-26-27-29-31-33-35-37-62-39-42(65-45(55)36-34-32-30-28-14-12-10-8-6-4-2)40-63-52-51(61)49(59)47(57)44(67-52)41-64-53-50(60)48(58)46(56)43(38-54)66-53/h8,10,42-44,46-54,56-61H,3-7,9,11-41H2,1-2H3/b10-8-. The van der Waals surface area contributed by atoms with Crippen molar-refractivity contribution in [3.63, 3.8) is 0 Å². The third kappa shape index (κ3) is 29.0. The fourth-order valence-corrected chi connectivity index (χ4v) is 8.82. The normalized spacial score (nSPS) is 26.1. The predicted molar refractivity (Wildman–Crippen MR) is 261 cm³/mol. The van der Waals surface area contributed by atoms with Crippen LogP contribution >= 0.6 is 0 Å². The molecule has 14 heteroatoms. The van der Waals surface area contributed by atoms with Gasteiger partial charge >= 0.3 is 5.97 Å². The Kier molecular flexibility index (Phi) is 38.2. The van der Waals surface area contributed by atoms with Gasteiger partial charge in [-0.2, -0.15) is 0 Å². The number of carbonyl (C=O) groups excluding carboxylic acids is 1. The molecule has 0 bridgehead atoms. The quantitative estimate of drug-likeness (QED) is 0.0173. The van der Waals surface area contributed by atoms with Gasteiger partial charge < -0.3 is 64.2 Å². The highest BCUT2D eigenvalue weighted by Gasteiger charge is 2.47. The third-order valence-electron chi connectivity index (χ3n) is 13.3. The first-order valence-corrected chi connectivity index (χ1v) is 27.3. The zero-order valence-electron chi connectivity index (χ0n) is 42.2. The Bertz CT molecular complexity index is 1160. The minimum Gasteiger partial charge on any atom is -0.457 e. The van der Waals surface area contributed by atoms with Crippen LogP contribution in [-0.2, 0) is 33.2 Å². The number of hydrogen-bond acceptors (Lipinski definition) is 14. The average Bonchev–Trinajstić information content (AvgIpc) is 3.32. The van der Waals surface area contributed by atoms with Gasteiger partial charge in [0.25, 0.3) is 0 Å². The van der Waals surface area contributed by atoms with Crippen molar-refractivity contribution in [2.75, 3.05) is 33.0 Å². The SMILES string of the molecule is CCC/C=C\CCCCCCCC(=O)OC(COCCCCCCCCCCCCCCCCCCCCCCCCC)COC1OC(COC2OC(CO)C(O)C(O)C2O)C(O)C(O)C1O. The number of allylic oxidation sites excluding steroid dienone is 2. The molecule has 0 saturated carbocycles. The van der Waals surface area contributed by atoms with E-state index in [1.807, 2.05) is 0 Å². The minimum atomic E-state index is -1.70. The summed E-state index contributed by atoms with van der Waals surface area (Å²) in [6.07, 6.45) is 27.3. The Labute approximate surface area is 405 Å². The molecule has 11 atom stereocenters. The van der Waals surface area contributed by atoms with Gasteiger partial charge in [-0.15, -0.1) is 0 Å². The van der Waals surface area contributed by atoms with Crippen LogP contribution in [0.2, 0.25) is 0 Å². The van der Waals surface area contributed by atoms with Gasteiger partial charge in [0.15, 0.2) is 12.6 Å². The molecule has 0 spiro atoms. The zero-order valence-corrected chi connectivity index (χ0v) is 42.2. The topological polar surface area (TPSA) is 214 Å². The van der Waals surface area contributed by atoms with Crippen LogP contribution in [0.3, 0.4) is 0 Å². The molecule has 0 aromatic carbocycles. The molecule has 2 rings (SSSR count). The molecule has 7 N–H and O–H groups in total. The van der Waals surface area contributed by atoms with E-state index in [0.717, 1.165) is 64.2 Å². The third-order valence-corrected chi connectivity index (χ3v) is 13.3. The highest BCUT2D eigenvalue weighted by atomic mass is 16.7. The van der Waals surface area contributed by atoms with Crippen molar-refractivity contribution in [2.24, 2.45) is 0 Å². The maximum Gasteiger partial charge on any atom is 0.306 e. The zero-order chi connectivity index (χ0) is 48.7. The first-order chi connectivity index (χ1) is 32.6. The molecule has 14 nitrogen and oxygen atoms in total. The van der Waals surface area contributed by atoms with E-state index in [4.69, 9.17) is 28.4 Å². The molecule has 2 heterocycles. The van der Waals surface area contributed by atoms with Crippen LogP contribution in [0.1, 0.15) is 219 Å². The van der Waals surface area contributed by atoms with Crippen LogP contribution in [-0.4, -0.2) is 142 Å². The van der Waals surface area contributed by atoms with E-state index in [1.54, 1.807) is 0 Å². The van der Waals surface area contributed by atoms with Crippen molar-refractivity contribution in [1.82, 2.24) is 0 Å². The molecular weight excluding hydrogens is 861 g/mol. The molecule has 67 heavy (non-hydrogen) atoms.